The average Bonchev–Trinajstić information content (AvgIpc) is 2.85. The van der Waals surface area contributed by atoms with Crippen LogP contribution in [-0.4, -0.2) is 53.9 Å². The fourth-order valence-electron chi connectivity index (χ4n) is 1.78. The largest absolute Gasteiger partial charge is 0.383 e. The summed E-state index contributed by atoms with van der Waals surface area (Å²) in [4.78, 5) is 16.4. The third-order valence-electron chi connectivity index (χ3n) is 2.82. The molecule has 2 aromatic heterocycles. The molecule has 0 aliphatic rings. The first kappa shape index (κ1) is 14.4. The number of aromatic nitrogens is 3. The van der Waals surface area contributed by atoms with Crippen LogP contribution in [0.15, 0.2) is 18.5 Å². The molecule has 0 aliphatic heterocycles. The minimum Gasteiger partial charge on any atom is -0.383 e. The third kappa shape index (κ3) is 3.52. The Kier molecular flexibility index (Phi) is 5.03. The van der Waals surface area contributed by atoms with Crippen molar-refractivity contribution in [2.75, 3.05) is 33.4 Å². The van der Waals surface area contributed by atoms with Crippen LogP contribution >= 0.6 is 0 Å². The second kappa shape index (κ2) is 6.97. The zero-order chi connectivity index (χ0) is 14.4. The van der Waals surface area contributed by atoms with E-state index in [1.807, 2.05) is 13.0 Å². The second-order valence-electron chi connectivity index (χ2n) is 4.39. The van der Waals surface area contributed by atoms with E-state index < -0.39 is 0 Å². The van der Waals surface area contributed by atoms with Crippen LogP contribution in [0.4, 0.5) is 0 Å². The number of hydrogen-bond acceptors (Lipinski definition) is 5. The number of rotatable bonds is 7. The molecule has 0 radical (unpaired) electrons. The molecule has 0 bridgehead atoms. The van der Waals surface area contributed by atoms with Gasteiger partial charge in [-0.1, -0.05) is 0 Å². The van der Waals surface area contributed by atoms with Crippen LogP contribution in [-0.2, 0) is 4.74 Å². The topological polar surface area (TPSA) is 80.5 Å². The van der Waals surface area contributed by atoms with Crippen molar-refractivity contribution in [1.29, 1.82) is 0 Å². The molecule has 2 rings (SSSR count). The van der Waals surface area contributed by atoms with Crippen molar-refractivity contribution >= 4 is 11.6 Å². The number of carbonyl (C=O) groups is 1. The molecule has 0 aliphatic carbocycles. The lowest BCUT2D eigenvalue weighted by Crippen LogP contribution is -2.33. The Balaban J connectivity index is 1.89. The van der Waals surface area contributed by atoms with Crippen molar-refractivity contribution in [1.82, 2.24) is 25.2 Å². The lowest BCUT2D eigenvalue weighted by molar-refractivity contribution is 0.0955. The molecule has 2 N–H and O–H groups in total. The van der Waals surface area contributed by atoms with Gasteiger partial charge in [0, 0.05) is 38.6 Å². The van der Waals surface area contributed by atoms with Gasteiger partial charge in [0.2, 0.25) is 0 Å². The van der Waals surface area contributed by atoms with Crippen molar-refractivity contribution in [2.45, 2.75) is 6.92 Å². The normalized spacial score (nSPS) is 10.9. The van der Waals surface area contributed by atoms with Gasteiger partial charge in [0.05, 0.1) is 12.8 Å². The summed E-state index contributed by atoms with van der Waals surface area (Å²) >= 11 is 0. The van der Waals surface area contributed by atoms with Crippen LogP contribution in [0.5, 0.6) is 0 Å². The van der Waals surface area contributed by atoms with E-state index in [4.69, 9.17) is 4.74 Å². The molecule has 108 valence electrons. The Hall–Kier alpha value is -1.99. The van der Waals surface area contributed by atoms with Gasteiger partial charge >= 0.3 is 0 Å². The van der Waals surface area contributed by atoms with Crippen LogP contribution in [0.25, 0.3) is 5.65 Å². The maximum absolute atomic E-state index is 12.1. The lowest BCUT2D eigenvalue weighted by Gasteiger charge is -2.05. The monoisotopic (exact) mass is 277 g/mol. The van der Waals surface area contributed by atoms with Gasteiger partial charge in [-0.3, -0.25) is 4.79 Å². The average molecular weight is 277 g/mol. The highest BCUT2D eigenvalue weighted by molar-refractivity contribution is 5.99. The highest BCUT2D eigenvalue weighted by Crippen LogP contribution is 2.08. The maximum atomic E-state index is 12.1. The molecule has 7 nitrogen and oxygen atoms in total. The van der Waals surface area contributed by atoms with Gasteiger partial charge in [-0.05, 0) is 13.0 Å². The van der Waals surface area contributed by atoms with E-state index in [1.54, 1.807) is 17.8 Å². The molecule has 0 fully saturated rings. The smallest absolute Gasteiger partial charge is 0.256 e. The van der Waals surface area contributed by atoms with Crippen molar-refractivity contribution in [3.05, 3.63) is 29.7 Å². The Morgan fingerprint density at radius 1 is 1.40 bits per heavy atom. The number of carbonyl (C=O) groups excluding carboxylic acids is 1. The quantitative estimate of drug-likeness (QED) is 0.697. The Morgan fingerprint density at radius 2 is 2.25 bits per heavy atom. The van der Waals surface area contributed by atoms with Gasteiger partial charge < -0.3 is 15.4 Å². The minimum atomic E-state index is -0.161. The fraction of sp³-hybridized carbons (Fsp3) is 0.462. The first-order chi connectivity index (χ1) is 9.72. The number of hydrogen-bond donors (Lipinski definition) is 2. The second-order valence-corrected chi connectivity index (χ2v) is 4.39. The van der Waals surface area contributed by atoms with E-state index >= 15 is 0 Å². The standard InChI is InChI=1S/C13H19N5O2/c1-10-3-7-18-12(17-10)11(9-16-18)13(19)15-5-4-14-6-8-20-2/h3,7,9,14H,4-6,8H2,1-2H3,(H,15,19). The van der Waals surface area contributed by atoms with Crippen LogP contribution < -0.4 is 10.6 Å². The van der Waals surface area contributed by atoms with E-state index in [-0.39, 0.29) is 5.91 Å². The molecular formula is C13H19N5O2. The molecule has 2 aromatic rings. The first-order valence-corrected chi connectivity index (χ1v) is 6.51. The summed E-state index contributed by atoms with van der Waals surface area (Å²) in [6, 6.07) is 1.85. The van der Waals surface area contributed by atoms with E-state index in [0.29, 0.717) is 30.9 Å². The summed E-state index contributed by atoms with van der Waals surface area (Å²) in [6.45, 7) is 4.55. The molecule has 0 aromatic carbocycles. The molecule has 1 amide bonds. The zero-order valence-corrected chi connectivity index (χ0v) is 11.7. The summed E-state index contributed by atoms with van der Waals surface area (Å²) < 4.78 is 6.51. The van der Waals surface area contributed by atoms with Crippen LogP contribution in [0.3, 0.4) is 0 Å². The van der Waals surface area contributed by atoms with E-state index in [1.165, 1.54) is 6.20 Å². The highest BCUT2D eigenvalue weighted by atomic mass is 16.5. The summed E-state index contributed by atoms with van der Waals surface area (Å²) in [5.74, 6) is -0.161. The van der Waals surface area contributed by atoms with Gasteiger partial charge in [0.15, 0.2) is 5.65 Å². The number of nitrogens with one attached hydrogen (secondary N) is 2. The van der Waals surface area contributed by atoms with E-state index in [0.717, 1.165) is 12.2 Å². The summed E-state index contributed by atoms with van der Waals surface area (Å²) in [6.07, 6.45) is 3.33. The molecule has 0 spiro atoms. The lowest BCUT2D eigenvalue weighted by atomic mass is 10.3. The predicted molar refractivity (Wildman–Crippen MR) is 74.8 cm³/mol. The molecule has 0 saturated carbocycles. The van der Waals surface area contributed by atoms with Gasteiger partial charge in [0.25, 0.3) is 5.91 Å². The van der Waals surface area contributed by atoms with Gasteiger partial charge in [-0.25, -0.2) is 9.50 Å². The third-order valence-corrected chi connectivity index (χ3v) is 2.82. The summed E-state index contributed by atoms with van der Waals surface area (Å²) in [5, 5.41) is 10.1. The molecule has 0 saturated heterocycles. The number of amides is 1. The SMILES string of the molecule is COCCNCCNC(=O)c1cnn2ccc(C)nc12. The Morgan fingerprint density at radius 3 is 3.05 bits per heavy atom. The number of methoxy groups -OCH3 is 1. The summed E-state index contributed by atoms with van der Waals surface area (Å²) in [7, 11) is 1.66. The number of aryl methyl sites for hydroxylation is 1. The van der Waals surface area contributed by atoms with Crippen molar-refractivity contribution in [3.8, 4) is 0 Å². The van der Waals surface area contributed by atoms with Crippen LogP contribution in [0.2, 0.25) is 0 Å². The first-order valence-electron chi connectivity index (χ1n) is 6.51. The van der Waals surface area contributed by atoms with Crippen molar-refractivity contribution in [3.63, 3.8) is 0 Å². The predicted octanol–water partition coefficient (Wildman–Crippen LogP) is 0.00352. The van der Waals surface area contributed by atoms with E-state index in [9.17, 15) is 4.79 Å². The summed E-state index contributed by atoms with van der Waals surface area (Å²) in [5.41, 5.74) is 1.92. The van der Waals surface area contributed by atoms with E-state index in [2.05, 4.69) is 20.7 Å². The Bertz CT molecular complexity index is 581. The number of fused-ring (bicyclic) bond motifs is 1. The highest BCUT2D eigenvalue weighted by Gasteiger charge is 2.13. The molecular weight excluding hydrogens is 258 g/mol. The van der Waals surface area contributed by atoms with Crippen LogP contribution in [0, 0.1) is 6.92 Å². The maximum Gasteiger partial charge on any atom is 0.256 e. The molecule has 20 heavy (non-hydrogen) atoms. The zero-order valence-electron chi connectivity index (χ0n) is 11.7. The number of nitrogens with zero attached hydrogens (tertiary/aromatic N) is 3. The molecule has 2 heterocycles. The molecule has 0 atom stereocenters. The molecule has 0 unspecified atom stereocenters. The minimum absolute atomic E-state index is 0.161. The van der Waals surface area contributed by atoms with Crippen molar-refractivity contribution < 1.29 is 9.53 Å². The molecule has 7 heteroatoms. The van der Waals surface area contributed by atoms with Gasteiger partial charge in [-0.15, -0.1) is 0 Å². The van der Waals surface area contributed by atoms with Crippen molar-refractivity contribution in [2.24, 2.45) is 0 Å². The van der Waals surface area contributed by atoms with Gasteiger partial charge in [0.1, 0.15) is 5.56 Å². The van der Waals surface area contributed by atoms with Crippen LogP contribution in [0.1, 0.15) is 16.1 Å². The Labute approximate surface area is 117 Å². The number of ether oxygens (including phenoxy) is 1. The van der Waals surface area contributed by atoms with Gasteiger partial charge in [-0.2, -0.15) is 5.10 Å². The fourth-order valence-corrected chi connectivity index (χ4v) is 1.78.